The van der Waals surface area contributed by atoms with Crippen molar-refractivity contribution in [3.05, 3.63) is 42.0 Å². The third kappa shape index (κ3) is 4.53. The Labute approximate surface area is 111 Å². The maximum absolute atomic E-state index is 5.73. The van der Waals surface area contributed by atoms with Crippen LogP contribution in [-0.2, 0) is 0 Å². The molecule has 0 aliphatic heterocycles. The zero-order valence-electron chi connectivity index (χ0n) is 12.0. The number of ether oxygens (including phenoxy) is 1. The van der Waals surface area contributed by atoms with Crippen molar-refractivity contribution in [3.63, 3.8) is 0 Å². The molecule has 18 heavy (non-hydrogen) atoms. The molecular formula is C16H25NO. The van der Waals surface area contributed by atoms with E-state index in [4.69, 9.17) is 4.74 Å². The van der Waals surface area contributed by atoms with E-state index in [-0.39, 0.29) is 6.10 Å². The lowest BCUT2D eigenvalue weighted by atomic mass is 9.98. The molecular weight excluding hydrogens is 222 g/mol. The van der Waals surface area contributed by atoms with Gasteiger partial charge in [0.1, 0.15) is 5.75 Å². The van der Waals surface area contributed by atoms with Gasteiger partial charge in [0.05, 0.1) is 6.10 Å². The fourth-order valence-corrected chi connectivity index (χ4v) is 1.90. The quantitative estimate of drug-likeness (QED) is 0.733. The molecule has 0 amide bonds. The summed E-state index contributed by atoms with van der Waals surface area (Å²) in [6.45, 7) is 10.3. The molecule has 0 aliphatic carbocycles. The van der Waals surface area contributed by atoms with Gasteiger partial charge in [-0.15, -0.1) is 0 Å². The van der Waals surface area contributed by atoms with Gasteiger partial charge in [-0.3, -0.25) is 0 Å². The van der Waals surface area contributed by atoms with E-state index >= 15 is 0 Å². The molecule has 0 heterocycles. The Bertz CT molecular complexity index is 384. The van der Waals surface area contributed by atoms with E-state index < -0.39 is 0 Å². The van der Waals surface area contributed by atoms with Crippen molar-refractivity contribution < 1.29 is 4.74 Å². The monoisotopic (exact) mass is 247 g/mol. The molecule has 0 aromatic heterocycles. The van der Waals surface area contributed by atoms with Gasteiger partial charge < -0.3 is 10.1 Å². The number of hydrogen-bond donors (Lipinski definition) is 1. The number of hydrogen-bond acceptors (Lipinski definition) is 2. The zero-order valence-corrected chi connectivity index (χ0v) is 12.0. The molecule has 1 rings (SSSR count). The Balaban J connectivity index is 2.82. The van der Waals surface area contributed by atoms with Crippen molar-refractivity contribution >= 4 is 0 Å². The summed E-state index contributed by atoms with van der Waals surface area (Å²) in [7, 11) is 1.99. The molecule has 2 heteroatoms. The normalized spacial score (nSPS) is 12.5. The molecule has 0 spiro atoms. The van der Waals surface area contributed by atoms with E-state index in [1.54, 1.807) is 0 Å². The van der Waals surface area contributed by atoms with E-state index in [0.29, 0.717) is 6.04 Å². The number of nitrogens with one attached hydrogen (secondary N) is 1. The van der Waals surface area contributed by atoms with Crippen LogP contribution in [0.4, 0.5) is 0 Å². The Kier molecular flexibility index (Phi) is 5.93. The van der Waals surface area contributed by atoms with Crippen LogP contribution in [0.5, 0.6) is 5.75 Å². The van der Waals surface area contributed by atoms with Gasteiger partial charge in [-0.05, 0) is 51.4 Å². The first kappa shape index (κ1) is 14.8. The lowest BCUT2D eigenvalue weighted by Gasteiger charge is -2.19. The summed E-state index contributed by atoms with van der Waals surface area (Å²) in [4.78, 5) is 0. The predicted octanol–water partition coefficient (Wildman–Crippen LogP) is 4.09. The minimum absolute atomic E-state index is 0.207. The van der Waals surface area contributed by atoms with Gasteiger partial charge in [-0.2, -0.15) is 0 Å². The SMILES string of the molecule is C=C(CC)CC(NC)c1cccc(OC(C)C)c1. The largest absolute Gasteiger partial charge is 0.491 e. The second-order valence-electron chi connectivity index (χ2n) is 4.89. The fraction of sp³-hybridized carbons (Fsp3) is 0.500. The van der Waals surface area contributed by atoms with Crippen LogP contribution >= 0.6 is 0 Å². The molecule has 100 valence electrons. The molecule has 1 aromatic rings. The van der Waals surface area contributed by atoms with Gasteiger partial charge in [0, 0.05) is 6.04 Å². The maximum Gasteiger partial charge on any atom is 0.120 e. The Morgan fingerprint density at radius 2 is 2.11 bits per heavy atom. The molecule has 2 nitrogen and oxygen atoms in total. The summed E-state index contributed by atoms with van der Waals surface area (Å²) < 4.78 is 5.73. The summed E-state index contributed by atoms with van der Waals surface area (Å²) in [6.07, 6.45) is 2.21. The molecule has 1 unspecified atom stereocenters. The fourth-order valence-electron chi connectivity index (χ4n) is 1.90. The predicted molar refractivity (Wildman–Crippen MR) is 78.1 cm³/mol. The van der Waals surface area contributed by atoms with E-state index in [2.05, 4.69) is 31.0 Å². The molecule has 1 aromatic carbocycles. The van der Waals surface area contributed by atoms with Crippen LogP contribution < -0.4 is 10.1 Å². The van der Waals surface area contributed by atoms with Crippen molar-refractivity contribution in [1.82, 2.24) is 5.32 Å². The van der Waals surface area contributed by atoms with Crippen molar-refractivity contribution in [2.75, 3.05) is 7.05 Å². The van der Waals surface area contributed by atoms with Crippen LogP contribution in [0, 0.1) is 0 Å². The highest BCUT2D eigenvalue weighted by molar-refractivity contribution is 5.31. The van der Waals surface area contributed by atoms with Gasteiger partial charge >= 0.3 is 0 Å². The smallest absolute Gasteiger partial charge is 0.120 e. The van der Waals surface area contributed by atoms with Gasteiger partial charge in [0.15, 0.2) is 0 Å². The summed E-state index contributed by atoms with van der Waals surface area (Å²) in [5, 5.41) is 3.35. The van der Waals surface area contributed by atoms with Crippen LogP contribution in [0.15, 0.2) is 36.4 Å². The molecule has 0 saturated carbocycles. The second-order valence-corrected chi connectivity index (χ2v) is 4.89. The molecule has 0 saturated heterocycles. The van der Waals surface area contributed by atoms with Crippen LogP contribution in [0.25, 0.3) is 0 Å². The van der Waals surface area contributed by atoms with Gasteiger partial charge in [-0.25, -0.2) is 0 Å². The highest BCUT2D eigenvalue weighted by Crippen LogP contribution is 2.25. The maximum atomic E-state index is 5.73. The van der Waals surface area contributed by atoms with Crippen LogP contribution in [0.2, 0.25) is 0 Å². The van der Waals surface area contributed by atoms with Crippen LogP contribution in [0.3, 0.4) is 0 Å². The standard InChI is InChI=1S/C16H25NO/c1-6-13(4)10-16(17-5)14-8-7-9-15(11-14)18-12(2)3/h7-9,11-12,16-17H,4,6,10H2,1-3,5H3. The Morgan fingerprint density at radius 1 is 1.39 bits per heavy atom. The van der Waals surface area contributed by atoms with Crippen molar-refractivity contribution in [2.24, 2.45) is 0 Å². The third-order valence-corrected chi connectivity index (χ3v) is 2.97. The summed E-state index contributed by atoms with van der Waals surface area (Å²) >= 11 is 0. The van der Waals surface area contributed by atoms with Crippen LogP contribution in [0.1, 0.15) is 45.2 Å². The number of rotatable bonds is 7. The summed E-state index contributed by atoms with van der Waals surface area (Å²) in [5.41, 5.74) is 2.52. The topological polar surface area (TPSA) is 21.3 Å². The molecule has 0 radical (unpaired) electrons. The third-order valence-electron chi connectivity index (χ3n) is 2.97. The Hall–Kier alpha value is -1.28. The lowest BCUT2D eigenvalue weighted by molar-refractivity contribution is 0.242. The first-order valence-corrected chi connectivity index (χ1v) is 6.67. The molecule has 0 fully saturated rings. The first-order valence-electron chi connectivity index (χ1n) is 6.67. The average Bonchev–Trinajstić information content (AvgIpc) is 2.35. The summed E-state index contributed by atoms with van der Waals surface area (Å²) in [6, 6.07) is 8.62. The van der Waals surface area contributed by atoms with Crippen molar-refractivity contribution in [3.8, 4) is 5.75 Å². The van der Waals surface area contributed by atoms with Crippen LogP contribution in [-0.4, -0.2) is 13.2 Å². The van der Waals surface area contributed by atoms with Gasteiger partial charge in [0.25, 0.3) is 0 Å². The highest BCUT2D eigenvalue weighted by atomic mass is 16.5. The van der Waals surface area contributed by atoms with E-state index in [0.717, 1.165) is 18.6 Å². The summed E-state index contributed by atoms with van der Waals surface area (Å²) in [5.74, 6) is 0.935. The van der Waals surface area contributed by atoms with E-state index in [9.17, 15) is 0 Å². The first-order chi connectivity index (χ1) is 8.56. The van der Waals surface area contributed by atoms with E-state index in [1.165, 1.54) is 11.1 Å². The molecule has 0 aliphatic rings. The van der Waals surface area contributed by atoms with Crippen molar-refractivity contribution in [2.45, 2.75) is 45.8 Å². The molecule has 0 bridgehead atoms. The minimum atomic E-state index is 0.207. The van der Waals surface area contributed by atoms with Gasteiger partial charge in [-0.1, -0.05) is 31.2 Å². The Morgan fingerprint density at radius 3 is 2.67 bits per heavy atom. The second kappa shape index (κ2) is 7.22. The van der Waals surface area contributed by atoms with Gasteiger partial charge in [0.2, 0.25) is 0 Å². The number of benzene rings is 1. The zero-order chi connectivity index (χ0) is 13.5. The minimum Gasteiger partial charge on any atom is -0.491 e. The average molecular weight is 247 g/mol. The lowest BCUT2D eigenvalue weighted by Crippen LogP contribution is -2.17. The molecule has 1 atom stereocenters. The highest BCUT2D eigenvalue weighted by Gasteiger charge is 2.11. The molecule has 1 N–H and O–H groups in total. The van der Waals surface area contributed by atoms with E-state index in [1.807, 2.05) is 33.0 Å². The van der Waals surface area contributed by atoms with Crippen molar-refractivity contribution in [1.29, 1.82) is 0 Å².